The van der Waals surface area contributed by atoms with Crippen molar-refractivity contribution < 1.29 is 18.9 Å². The van der Waals surface area contributed by atoms with Gasteiger partial charge in [-0.2, -0.15) is 0 Å². The van der Waals surface area contributed by atoms with Gasteiger partial charge in [-0.25, -0.2) is 0 Å². The van der Waals surface area contributed by atoms with E-state index in [0.29, 0.717) is 33.4 Å². The molecule has 0 aromatic heterocycles. The topological polar surface area (TPSA) is 36.9 Å². The summed E-state index contributed by atoms with van der Waals surface area (Å²) in [4.78, 5) is 0. The molecule has 0 bridgehead atoms. The molecule has 4 nitrogen and oxygen atoms in total. The molecule has 0 aromatic carbocycles. The Hall–Kier alpha value is -0.160. The summed E-state index contributed by atoms with van der Waals surface area (Å²) in [5, 5.41) is 0. The number of methoxy groups -OCH3 is 1. The minimum atomic E-state index is 0.0246. The number of hydrogen-bond acceptors (Lipinski definition) is 4. The summed E-state index contributed by atoms with van der Waals surface area (Å²) in [7, 11) is 1.62. The van der Waals surface area contributed by atoms with Crippen LogP contribution < -0.4 is 0 Å². The third kappa shape index (κ3) is 3.23. The van der Waals surface area contributed by atoms with Crippen LogP contribution in [0.1, 0.15) is 13.3 Å². The molecule has 1 rings (SSSR count). The normalized spacial score (nSPS) is 21.7. The third-order valence-corrected chi connectivity index (χ3v) is 2.34. The summed E-state index contributed by atoms with van der Waals surface area (Å²) < 4.78 is 20.7. The lowest BCUT2D eigenvalue weighted by Gasteiger charge is -2.35. The van der Waals surface area contributed by atoms with Gasteiger partial charge in [0.1, 0.15) is 13.6 Å². The van der Waals surface area contributed by atoms with Crippen molar-refractivity contribution in [2.75, 3.05) is 40.5 Å². The Morgan fingerprint density at radius 1 is 1.31 bits per heavy atom. The highest BCUT2D eigenvalue weighted by molar-refractivity contribution is 4.78. The van der Waals surface area contributed by atoms with E-state index in [2.05, 4.69) is 6.92 Å². The van der Waals surface area contributed by atoms with E-state index in [4.69, 9.17) is 18.9 Å². The molecule has 0 unspecified atom stereocenters. The molecule has 1 heterocycles. The second-order valence-corrected chi connectivity index (χ2v) is 3.42. The Morgan fingerprint density at radius 2 is 2.00 bits per heavy atom. The minimum Gasteiger partial charge on any atom is -0.359 e. The molecule has 4 heteroatoms. The monoisotopic (exact) mass is 190 g/mol. The fourth-order valence-electron chi connectivity index (χ4n) is 1.35. The van der Waals surface area contributed by atoms with Crippen LogP contribution in [0.2, 0.25) is 0 Å². The lowest BCUT2D eigenvalue weighted by molar-refractivity contribution is -0.191. The highest BCUT2D eigenvalue weighted by atomic mass is 16.7. The SMILES string of the molecule is CCC1(COCOC)COCOC1. The molecule has 0 spiro atoms. The van der Waals surface area contributed by atoms with Crippen LogP contribution >= 0.6 is 0 Å². The van der Waals surface area contributed by atoms with Crippen LogP contribution in [0.15, 0.2) is 0 Å². The molecule has 0 N–H and O–H groups in total. The molecule has 1 saturated heterocycles. The van der Waals surface area contributed by atoms with Gasteiger partial charge in [0.25, 0.3) is 0 Å². The molecular formula is C9H18O4. The van der Waals surface area contributed by atoms with Crippen LogP contribution in [0.4, 0.5) is 0 Å². The van der Waals surface area contributed by atoms with E-state index < -0.39 is 0 Å². The van der Waals surface area contributed by atoms with Crippen molar-refractivity contribution in [2.24, 2.45) is 5.41 Å². The van der Waals surface area contributed by atoms with Crippen molar-refractivity contribution in [2.45, 2.75) is 13.3 Å². The Labute approximate surface area is 79.1 Å². The molecule has 0 atom stereocenters. The van der Waals surface area contributed by atoms with E-state index in [1.54, 1.807) is 7.11 Å². The Kier molecular flexibility index (Phi) is 4.66. The number of rotatable bonds is 5. The molecule has 0 saturated carbocycles. The molecule has 78 valence electrons. The highest BCUT2D eigenvalue weighted by Crippen LogP contribution is 2.26. The first kappa shape index (κ1) is 10.9. The largest absolute Gasteiger partial charge is 0.359 e. The minimum absolute atomic E-state index is 0.0246. The Bertz CT molecular complexity index is 132. The molecule has 1 fully saturated rings. The smallest absolute Gasteiger partial charge is 0.146 e. The maximum atomic E-state index is 5.33. The molecule has 0 aromatic rings. The standard InChI is InChI=1S/C9H18O4/c1-3-9(4-11-7-10-2)5-12-8-13-6-9/h3-8H2,1-2H3. The van der Waals surface area contributed by atoms with Crippen molar-refractivity contribution in [1.29, 1.82) is 0 Å². The lowest BCUT2D eigenvalue weighted by atomic mass is 9.87. The van der Waals surface area contributed by atoms with Crippen LogP contribution in [0, 0.1) is 5.41 Å². The fourth-order valence-corrected chi connectivity index (χ4v) is 1.35. The summed E-state index contributed by atoms with van der Waals surface area (Å²) in [6.45, 7) is 4.93. The van der Waals surface area contributed by atoms with E-state index in [1.807, 2.05) is 0 Å². The van der Waals surface area contributed by atoms with Crippen molar-refractivity contribution in [3.8, 4) is 0 Å². The van der Waals surface area contributed by atoms with Crippen LogP contribution in [0.3, 0.4) is 0 Å². The highest BCUT2D eigenvalue weighted by Gasteiger charge is 2.32. The van der Waals surface area contributed by atoms with Crippen molar-refractivity contribution >= 4 is 0 Å². The van der Waals surface area contributed by atoms with Gasteiger partial charge in [0.15, 0.2) is 0 Å². The quantitative estimate of drug-likeness (QED) is 0.479. The zero-order valence-electron chi connectivity index (χ0n) is 8.38. The number of hydrogen-bond donors (Lipinski definition) is 0. The van der Waals surface area contributed by atoms with E-state index >= 15 is 0 Å². The Morgan fingerprint density at radius 3 is 2.54 bits per heavy atom. The van der Waals surface area contributed by atoms with Crippen molar-refractivity contribution in [1.82, 2.24) is 0 Å². The summed E-state index contributed by atoms with van der Waals surface area (Å²) in [6.07, 6.45) is 0.997. The maximum Gasteiger partial charge on any atom is 0.146 e. The van der Waals surface area contributed by atoms with Gasteiger partial charge >= 0.3 is 0 Å². The van der Waals surface area contributed by atoms with Gasteiger partial charge in [-0.05, 0) is 6.42 Å². The molecule has 1 aliphatic rings. The maximum absolute atomic E-state index is 5.33. The van der Waals surface area contributed by atoms with Crippen molar-refractivity contribution in [3.63, 3.8) is 0 Å². The van der Waals surface area contributed by atoms with Gasteiger partial charge in [0.05, 0.1) is 19.8 Å². The lowest BCUT2D eigenvalue weighted by Crippen LogP contribution is -2.41. The third-order valence-electron chi connectivity index (χ3n) is 2.34. The summed E-state index contributed by atoms with van der Waals surface area (Å²) >= 11 is 0. The van der Waals surface area contributed by atoms with E-state index in [1.165, 1.54) is 0 Å². The van der Waals surface area contributed by atoms with Crippen LogP contribution in [-0.4, -0.2) is 40.5 Å². The molecule has 0 amide bonds. The van der Waals surface area contributed by atoms with E-state index in [9.17, 15) is 0 Å². The second-order valence-electron chi connectivity index (χ2n) is 3.42. The van der Waals surface area contributed by atoms with E-state index in [0.717, 1.165) is 6.42 Å². The fraction of sp³-hybridized carbons (Fsp3) is 1.00. The average molecular weight is 190 g/mol. The molecule has 0 aliphatic carbocycles. The summed E-state index contributed by atoms with van der Waals surface area (Å²) in [5.74, 6) is 0. The van der Waals surface area contributed by atoms with Gasteiger partial charge in [0, 0.05) is 12.5 Å². The van der Waals surface area contributed by atoms with Gasteiger partial charge < -0.3 is 18.9 Å². The summed E-state index contributed by atoms with van der Waals surface area (Å²) in [6, 6.07) is 0. The van der Waals surface area contributed by atoms with Gasteiger partial charge in [-0.15, -0.1) is 0 Å². The second kappa shape index (κ2) is 5.54. The van der Waals surface area contributed by atoms with Gasteiger partial charge in [-0.3, -0.25) is 0 Å². The average Bonchev–Trinajstić information content (AvgIpc) is 2.20. The van der Waals surface area contributed by atoms with E-state index in [-0.39, 0.29) is 5.41 Å². The molecular weight excluding hydrogens is 172 g/mol. The predicted octanol–water partition coefficient (Wildman–Crippen LogP) is 1.01. The zero-order chi connectivity index (χ0) is 9.57. The van der Waals surface area contributed by atoms with Crippen LogP contribution in [0.25, 0.3) is 0 Å². The van der Waals surface area contributed by atoms with Crippen LogP contribution in [0.5, 0.6) is 0 Å². The van der Waals surface area contributed by atoms with Crippen LogP contribution in [-0.2, 0) is 18.9 Å². The van der Waals surface area contributed by atoms with Gasteiger partial charge in [0.2, 0.25) is 0 Å². The molecule has 0 radical (unpaired) electrons. The Balaban J connectivity index is 2.29. The van der Waals surface area contributed by atoms with Gasteiger partial charge in [-0.1, -0.05) is 6.92 Å². The first-order valence-electron chi connectivity index (χ1n) is 4.55. The number of ether oxygens (including phenoxy) is 4. The summed E-state index contributed by atoms with van der Waals surface area (Å²) in [5.41, 5.74) is 0.0246. The first-order chi connectivity index (χ1) is 6.33. The zero-order valence-corrected chi connectivity index (χ0v) is 8.38. The molecule has 13 heavy (non-hydrogen) atoms. The first-order valence-corrected chi connectivity index (χ1v) is 4.55. The molecule has 1 aliphatic heterocycles. The predicted molar refractivity (Wildman–Crippen MR) is 47.3 cm³/mol. The van der Waals surface area contributed by atoms with Crippen molar-refractivity contribution in [3.05, 3.63) is 0 Å².